The van der Waals surface area contributed by atoms with Crippen LogP contribution in [0.5, 0.6) is 0 Å². The summed E-state index contributed by atoms with van der Waals surface area (Å²) in [5, 5.41) is 0. The van der Waals surface area contributed by atoms with E-state index in [-0.39, 0.29) is 24.7 Å². The molecule has 1 aliphatic heterocycles. The summed E-state index contributed by atoms with van der Waals surface area (Å²) in [6, 6.07) is 1.78. The van der Waals surface area contributed by atoms with Crippen LogP contribution >= 0.6 is 0 Å². The first-order chi connectivity index (χ1) is 7.09. The molecule has 1 amide bonds. The third-order valence-corrected chi connectivity index (χ3v) is 2.70. The Bertz CT molecular complexity index is 440. The van der Waals surface area contributed by atoms with Crippen molar-refractivity contribution in [3.63, 3.8) is 0 Å². The molecule has 0 spiro atoms. The van der Waals surface area contributed by atoms with Gasteiger partial charge in [-0.05, 0) is 25.5 Å². The number of hydrogen-bond acceptors (Lipinski definition) is 3. The second-order valence-electron chi connectivity index (χ2n) is 3.74. The first kappa shape index (κ1) is 9.83. The number of carbonyl (C=O) groups is 2. The topological polar surface area (TPSA) is 50.3 Å². The molecule has 2 rings (SSSR count). The van der Waals surface area contributed by atoms with Crippen LogP contribution in [0.1, 0.15) is 17.7 Å². The zero-order valence-corrected chi connectivity index (χ0v) is 8.78. The highest BCUT2D eigenvalue weighted by Crippen LogP contribution is 2.24. The van der Waals surface area contributed by atoms with Crippen molar-refractivity contribution in [3.8, 4) is 0 Å². The maximum atomic E-state index is 11.5. The van der Waals surface area contributed by atoms with Crippen molar-refractivity contribution in [2.45, 2.75) is 20.3 Å². The van der Waals surface area contributed by atoms with Gasteiger partial charge in [0.15, 0.2) is 5.78 Å². The number of amides is 1. The van der Waals surface area contributed by atoms with Crippen LogP contribution < -0.4 is 4.90 Å². The van der Waals surface area contributed by atoms with Crippen molar-refractivity contribution in [2.75, 3.05) is 11.4 Å². The van der Waals surface area contributed by atoms with Gasteiger partial charge in [0.05, 0.1) is 18.7 Å². The van der Waals surface area contributed by atoms with Crippen LogP contribution in [-0.2, 0) is 9.59 Å². The second kappa shape index (κ2) is 3.46. The minimum atomic E-state index is -0.117. The van der Waals surface area contributed by atoms with Crippen molar-refractivity contribution in [2.24, 2.45) is 0 Å². The molecule has 0 atom stereocenters. The van der Waals surface area contributed by atoms with Crippen molar-refractivity contribution >= 4 is 17.4 Å². The second-order valence-corrected chi connectivity index (χ2v) is 3.74. The molecule has 0 unspecified atom stereocenters. The lowest BCUT2D eigenvalue weighted by Crippen LogP contribution is -2.25. The molecule has 78 valence electrons. The maximum Gasteiger partial charge on any atom is 0.234 e. The molecular formula is C11H12N2O2. The van der Waals surface area contributed by atoms with E-state index >= 15 is 0 Å². The Kier molecular flexibility index (Phi) is 2.26. The van der Waals surface area contributed by atoms with E-state index in [1.807, 2.05) is 13.8 Å². The number of aromatic nitrogens is 1. The summed E-state index contributed by atoms with van der Waals surface area (Å²) < 4.78 is 0. The maximum absolute atomic E-state index is 11.5. The molecule has 0 bridgehead atoms. The first-order valence-electron chi connectivity index (χ1n) is 4.84. The van der Waals surface area contributed by atoms with Gasteiger partial charge in [0.1, 0.15) is 0 Å². The van der Waals surface area contributed by atoms with Crippen molar-refractivity contribution in [1.29, 1.82) is 0 Å². The van der Waals surface area contributed by atoms with Crippen LogP contribution in [0.15, 0.2) is 12.3 Å². The summed E-state index contributed by atoms with van der Waals surface area (Å²) in [6.07, 6.45) is 1.69. The summed E-state index contributed by atoms with van der Waals surface area (Å²) in [6.45, 7) is 4.00. The summed E-state index contributed by atoms with van der Waals surface area (Å²) >= 11 is 0. The van der Waals surface area contributed by atoms with Crippen LogP contribution in [0.4, 0.5) is 5.69 Å². The smallest absolute Gasteiger partial charge is 0.234 e. The van der Waals surface area contributed by atoms with Gasteiger partial charge >= 0.3 is 0 Å². The lowest BCUT2D eigenvalue weighted by atomic mass is 10.2. The Labute approximate surface area is 87.9 Å². The van der Waals surface area contributed by atoms with Crippen LogP contribution in [0.25, 0.3) is 0 Å². The van der Waals surface area contributed by atoms with Gasteiger partial charge in [-0.1, -0.05) is 0 Å². The molecule has 0 saturated carbocycles. The summed E-state index contributed by atoms with van der Waals surface area (Å²) in [4.78, 5) is 28.4. The standard InChI is InChI=1S/C11H12N2O2/c1-7-8(2)12-4-3-10(7)13-6-9(14)5-11(13)15/h3-4H,5-6H2,1-2H3. The van der Waals surface area contributed by atoms with Gasteiger partial charge in [0.25, 0.3) is 0 Å². The van der Waals surface area contributed by atoms with Gasteiger partial charge < -0.3 is 4.90 Å². The minimum absolute atomic E-state index is 0.0196. The number of hydrogen-bond donors (Lipinski definition) is 0. The molecule has 4 nitrogen and oxygen atoms in total. The molecule has 0 aromatic carbocycles. The Morgan fingerprint density at radius 1 is 1.33 bits per heavy atom. The zero-order chi connectivity index (χ0) is 11.0. The largest absolute Gasteiger partial charge is 0.304 e. The van der Waals surface area contributed by atoms with Gasteiger partial charge in [-0.3, -0.25) is 14.6 Å². The quantitative estimate of drug-likeness (QED) is 0.641. The Morgan fingerprint density at radius 3 is 2.67 bits per heavy atom. The molecule has 2 heterocycles. The van der Waals surface area contributed by atoms with Gasteiger partial charge in [0.2, 0.25) is 5.91 Å². The minimum Gasteiger partial charge on any atom is -0.304 e. The van der Waals surface area contributed by atoms with Crippen molar-refractivity contribution < 1.29 is 9.59 Å². The average molecular weight is 204 g/mol. The third-order valence-electron chi connectivity index (χ3n) is 2.70. The van der Waals surface area contributed by atoms with Crippen LogP contribution in [0, 0.1) is 13.8 Å². The van der Waals surface area contributed by atoms with Crippen LogP contribution in [-0.4, -0.2) is 23.2 Å². The van der Waals surface area contributed by atoms with Gasteiger partial charge in [-0.15, -0.1) is 0 Å². The van der Waals surface area contributed by atoms with Gasteiger partial charge in [0, 0.05) is 11.9 Å². The normalized spacial score (nSPS) is 16.3. The number of rotatable bonds is 1. The van der Waals surface area contributed by atoms with Gasteiger partial charge in [-0.2, -0.15) is 0 Å². The fourth-order valence-electron chi connectivity index (χ4n) is 1.72. The monoisotopic (exact) mass is 204 g/mol. The zero-order valence-electron chi connectivity index (χ0n) is 8.78. The molecule has 1 saturated heterocycles. The number of Topliss-reactive ketones (excluding diaryl/α,β-unsaturated/α-hetero) is 1. The highest BCUT2D eigenvalue weighted by atomic mass is 16.2. The Morgan fingerprint density at radius 2 is 2.07 bits per heavy atom. The highest BCUT2D eigenvalue weighted by Gasteiger charge is 2.29. The van der Waals surface area contributed by atoms with E-state index in [1.165, 1.54) is 4.90 Å². The summed E-state index contributed by atoms with van der Waals surface area (Å²) in [5.74, 6) is -0.137. The first-order valence-corrected chi connectivity index (χ1v) is 4.84. The number of anilines is 1. The van der Waals surface area contributed by atoms with Crippen molar-refractivity contribution in [3.05, 3.63) is 23.5 Å². The molecule has 4 heteroatoms. The number of carbonyl (C=O) groups excluding carboxylic acids is 2. The van der Waals surface area contributed by atoms with Gasteiger partial charge in [-0.25, -0.2) is 0 Å². The summed E-state index contributed by atoms with van der Waals surface area (Å²) in [7, 11) is 0. The molecule has 1 fully saturated rings. The number of pyridine rings is 1. The van der Waals surface area contributed by atoms with E-state index in [2.05, 4.69) is 4.98 Å². The molecule has 0 aliphatic carbocycles. The Balaban J connectivity index is 2.42. The lowest BCUT2D eigenvalue weighted by Gasteiger charge is -2.17. The highest BCUT2D eigenvalue weighted by molar-refractivity contribution is 6.15. The third kappa shape index (κ3) is 1.63. The molecule has 0 radical (unpaired) electrons. The molecule has 1 aromatic rings. The fourth-order valence-corrected chi connectivity index (χ4v) is 1.72. The summed E-state index contributed by atoms with van der Waals surface area (Å²) in [5.41, 5.74) is 2.65. The predicted octanol–water partition coefficient (Wildman–Crippen LogP) is 1.00. The van der Waals surface area contributed by atoms with E-state index in [0.29, 0.717) is 0 Å². The number of aryl methyl sites for hydroxylation is 1. The fraction of sp³-hybridized carbons (Fsp3) is 0.364. The molecule has 15 heavy (non-hydrogen) atoms. The molecule has 1 aliphatic rings. The van der Waals surface area contributed by atoms with Crippen molar-refractivity contribution in [1.82, 2.24) is 4.98 Å². The van der Waals surface area contributed by atoms with Crippen LogP contribution in [0.2, 0.25) is 0 Å². The van der Waals surface area contributed by atoms with E-state index in [4.69, 9.17) is 0 Å². The van der Waals surface area contributed by atoms with E-state index in [1.54, 1.807) is 12.3 Å². The molecular weight excluding hydrogens is 192 g/mol. The number of nitrogens with zero attached hydrogens (tertiary/aromatic N) is 2. The SMILES string of the molecule is Cc1nccc(N2CC(=O)CC2=O)c1C. The van der Waals surface area contributed by atoms with Crippen LogP contribution in [0.3, 0.4) is 0 Å². The number of ketones is 1. The lowest BCUT2D eigenvalue weighted by molar-refractivity contribution is -0.121. The van der Waals surface area contributed by atoms with E-state index in [9.17, 15) is 9.59 Å². The predicted molar refractivity (Wildman–Crippen MR) is 55.7 cm³/mol. The van der Waals surface area contributed by atoms with E-state index < -0.39 is 0 Å². The molecule has 1 aromatic heterocycles. The Hall–Kier alpha value is -1.71. The average Bonchev–Trinajstić information content (AvgIpc) is 2.50. The van der Waals surface area contributed by atoms with E-state index in [0.717, 1.165) is 16.9 Å². The molecule has 0 N–H and O–H groups in total.